The summed E-state index contributed by atoms with van der Waals surface area (Å²) in [7, 11) is 0. The molecule has 0 N–H and O–H groups in total. The molecule has 3 nitrogen and oxygen atoms in total. The van der Waals surface area contributed by atoms with Gasteiger partial charge in [-0.1, -0.05) is 49.2 Å². The molecule has 1 aromatic rings. The summed E-state index contributed by atoms with van der Waals surface area (Å²) < 4.78 is 0. The molecule has 2 atom stereocenters. The van der Waals surface area contributed by atoms with Gasteiger partial charge in [-0.05, 0) is 25.3 Å². The molecular formula is C21H24N2O. The van der Waals surface area contributed by atoms with Gasteiger partial charge >= 0.3 is 0 Å². The van der Waals surface area contributed by atoms with E-state index in [4.69, 9.17) is 0 Å². The minimum absolute atomic E-state index is 0.166. The lowest BCUT2D eigenvalue weighted by atomic mass is 9.54. The SMILES string of the molecule is C=C(C)CC(C#N)(C#N)[C@@H](c1ccccc1)[C@@]1(C)CCCCC1=O. The molecule has 3 heteroatoms. The quantitative estimate of drug-likeness (QED) is 0.723. The van der Waals surface area contributed by atoms with Crippen molar-refractivity contribution in [3.63, 3.8) is 0 Å². The number of benzene rings is 1. The van der Waals surface area contributed by atoms with Crippen LogP contribution in [0.5, 0.6) is 0 Å². The Hall–Kier alpha value is -2.39. The predicted octanol–water partition coefficient (Wildman–Crippen LogP) is 4.92. The van der Waals surface area contributed by atoms with Crippen molar-refractivity contribution < 1.29 is 4.79 Å². The maximum absolute atomic E-state index is 12.9. The fraction of sp³-hybridized carbons (Fsp3) is 0.476. The van der Waals surface area contributed by atoms with Gasteiger partial charge < -0.3 is 0 Å². The molecule has 24 heavy (non-hydrogen) atoms. The van der Waals surface area contributed by atoms with E-state index in [1.807, 2.05) is 44.2 Å². The van der Waals surface area contributed by atoms with Crippen molar-refractivity contribution in [1.29, 1.82) is 10.5 Å². The van der Waals surface area contributed by atoms with E-state index in [0.29, 0.717) is 12.8 Å². The molecule has 0 unspecified atom stereocenters. The fourth-order valence-corrected chi connectivity index (χ4v) is 4.16. The zero-order valence-corrected chi connectivity index (χ0v) is 14.5. The van der Waals surface area contributed by atoms with Gasteiger partial charge in [0.15, 0.2) is 5.41 Å². The summed E-state index contributed by atoms with van der Waals surface area (Å²) in [5.74, 6) is -0.287. The van der Waals surface area contributed by atoms with Gasteiger partial charge in [-0.15, -0.1) is 6.58 Å². The highest BCUT2D eigenvalue weighted by atomic mass is 16.1. The minimum atomic E-state index is -1.28. The molecular weight excluding hydrogens is 296 g/mol. The van der Waals surface area contributed by atoms with Crippen LogP contribution in [0.4, 0.5) is 0 Å². The lowest BCUT2D eigenvalue weighted by molar-refractivity contribution is -0.133. The third-order valence-electron chi connectivity index (χ3n) is 5.23. The summed E-state index contributed by atoms with van der Waals surface area (Å²) in [5.41, 5.74) is -0.305. The maximum atomic E-state index is 12.9. The van der Waals surface area contributed by atoms with Crippen LogP contribution in [-0.4, -0.2) is 5.78 Å². The Morgan fingerprint density at radius 1 is 1.29 bits per heavy atom. The monoisotopic (exact) mass is 320 g/mol. The standard InChI is InChI=1S/C21H24N2O/c1-16(2)13-21(14-22,15-23)19(17-9-5-4-6-10-17)20(3)12-8-7-11-18(20)24/h4-6,9-10,19H,1,7-8,11-13H2,2-3H3/t19-,20-/m0/s1. The highest BCUT2D eigenvalue weighted by Gasteiger charge is 2.54. The van der Waals surface area contributed by atoms with Gasteiger partial charge in [-0.25, -0.2) is 0 Å². The van der Waals surface area contributed by atoms with Crippen molar-refractivity contribution in [1.82, 2.24) is 0 Å². The van der Waals surface area contributed by atoms with E-state index in [1.54, 1.807) is 0 Å². The van der Waals surface area contributed by atoms with Crippen molar-refractivity contribution in [3.8, 4) is 12.1 Å². The smallest absolute Gasteiger partial charge is 0.155 e. The molecule has 0 saturated heterocycles. The van der Waals surface area contributed by atoms with Crippen LogP contribution in [-0.2, 0) is 4.79 Å². The van der Waals surface area contributed by atoms with E-state index < -0.39 is 16.7 Å². The molecule has 2 rings (SSSR count). The average Bonchev–Trinajstić information content (AvgIpc) is 2.57. The van der Waals surface area contributed by atoms with E-state index in [9.17, 15) is 15.3 Å². The Morgan fingerprint density at radius 3 is 2.42 bits per heavy atom. The zero-order valence-electron chi connectivity index (χ0n) is 14.5. The maximum Gasteiger partial charge on any atom is 0.155 e. The van der Waals surface area contributed by atoms with Gasteiger partial charge in [-0.2, -0.15) is 10.5 Å². The van der Waals surface area contributed by atoms with Gasteiger partial charge in [0, 0.05) is 24.2 Å². The zero-order chi connectivity index (χ0) is 17.8. The van der Waals surface area contributed by atoms with E-state index in [2.05, 4.69) is 18.7 Å². The minimum Gasteiger partial charge on any atom is -0.299 e. The Morgan fingerprint density at radius 2 is 1.92 bits per heavy atom. The number of ketones is 1. The van der Waals surface area contributed by atoms with Gasteiger partial charge in [0.1, 0.15) is 5.78 Å². The lowest BCUT2D eigenvalue weighted by Crippen LogP contribution is -2.45. The van der Waals surface area contributed by atoms with E-state index >= 15 is 0 Å². The third kappa shape index (κ3) is 3.13. The molecule has 0 spiro atoms. The molecule has 1 saturated carbocycles. The fourth-order valence-electron chi connectivity index (χ4n) is 4.16. The van der Waals surface area contributed by atoms with Crippen molar-refractivity contribution >= 4 is 5.78 Å². The Bertz CT molecular complexity index is 694. The van der Waals surface area contributed by atoms with Crippen molar-refractivity contribution in [2.75, 3.05) is 0 Å². The van der Waals surface area contributed by atoms with Gasteiger partial charge in [0.05, 0.1) is 12.1 Å². The molecule has 0 aromatic heterocycles. The number of hydrogen-bond acceptors (Lipinski definition) is 3. The summed E-state index contributed by atoms with van der Waals surface area (Å²) >= 11 is 0. The van der Waals surface area contributed by atoms with Gasteiger partial charge in [-0.3, -0.25) is 4.79 Å². The van der Waals surface area contributed by atoms with Gasteiger partial charge in [0.2, 0.25) is 0 Å². The summed E-state index contributed by atoms with van der Waals surface area (Å²) in [6.45, 7) is 7.68. The average molecular weight is 320 g/mol. The first kappa shape index (κ1) is 18.0. The second-order valence-electron chi connectivity index (χ2n) is 7.22. The first-order valence-electron chi connectivity index (χ1n) is 8.45. The number of allylic oxidation sites excluding steroid dienone is 1. The van der Waals surface area contributed by atoms with Crippen LogP contribution in [0, 0.1) is 33.5 Å². The number of nitriles is 2. The van der Waals surface area contributed by atoms with Crippen LogP contribution in [0.25, 0.3) is 0 Å². The third-order valence-corrected chi connectivity index (χ3v) is 5.23. The molecule has 1 fully saturated rings. The summed E-state index contributed by atoms with van der Waals surface area (Å²) in [4.78, 5) is 12.9. The van der Waals surface area contributed by atoms with Crippen molar-refractivity contribution in [2.24, 2.45) is 10.8 Å². The number of carbonyl (C=O) groups is 1. The Kier molecular flexibility index (Phi) is 5.25. The lowest BCUT2D eigenvalue weighted by Gasteiger charge is -2.44. The number of carbonyl (C=O) groups excluding carboxylic acids is 1. The number of rotatable bonds is 5. The molecule has 124 valence electrons. The summed E-state index contributed by atoms with van der Waals surface area (Å²) in [6, 6.07) is 14.1. The first-order valence-corrected chi connectivity index (χ1v) is 8.45. The van der Waals surface area contributed by atoms with Crippen LogP contribution >= 0.6 is 0 Å². The Labute approximate surface area is 144 Å². The molecule has 1 aliphatic rings. The molecule has 0 amide bonds. The number of hydrogen-bond donors (Lipinski definition) is 0. The highest BCUT2D eigenvalue weighted by molar-refractivity contribution is 5.86. The second-order valence-corrected chi connectivity index (χ2v) is 7.22. The van der Waals surface area contributed by atoms with Crippen LogP contribution in [0.1, 0.15) is 57.4 Å². The normalized spacial score (nSPS) is 22.2. The van der Waals surface area contributed by atoms with E-state index in [0.717, 1.165) is 24.0 Å². The second kappa shape index (κ2) is 7.02. The van der Waals surface area contributed by atoms with Crippen molar-refractivity contribution in [2.45, 2.75) is 51.9 Å². The van der Waals surface area contributed by atoms with Crippen LogP contribution in [0.15, 0.2) is 42.5 Å². The molecule has 0 bridgehead atoms. The van der Waals surface area contributed by atoms with E-state index in [-0.39, 0.29) is 12.2 Å². The number of nitrogens with zero attached hydrogens (tertiary/aromatic N) is 2. The topological polar surface area (TPSA) is 64.7 Å². The molecule has 0 radical (unpaired) electrons. The molecule has 0 aliphatic heterocycles. The molecule has 0 heterocycles. The summed E-state index contributed by atoms with van der Waals surface area (Å²) in [6.07, 6.45) is 3.36. The van der Waals surface area contributed by atoms with Gasteiger partial charge in [0.25, 0.3) is 0 Å². The largest absolute Gasteiger partial charge is 0.299 e. The number of Topliss-reactive ketones (excluding diaryl/α,β-unsaturated/α-hetero) is 1. The van der Waals surface area contributed by atoms with Crippen LogP contribution in [0.2, 0.25) is 0 Å². The van der Waals surface area contributed by atoms with Crippen molar-refractivity contribution in [3.05, 3.63) is 48.0 Å². The van der Waals surface area contributed by atoms with Crippen LogP contribution < -0.4 is 0 Å². The summed E-state index contributed by atoms with van der Waals surface area (Å²) in [5, 5.41) is 19.9. The molecule has 1 aliphatic carbocycles. The first-order chi connectivity index (χ1) is 11.4. The van der Waals surface area contributed by atoms with E-state index in [1.165, 1.54) is 0 Å². The van der Waals surface area contributed by atoms with Crippen LogP contribution in [0.3, 0.4) is 0 Å². The Balaban J connectivity index is 2.68. The highest BCUT2D eigenvalue weighted by Crippen LogP contribution is 2.54. The molecule has 1 aromatic carbocycles. The predicted molar refractivity (Wildman–Crippen MR) is 93.9 cm³/mol.